The molecule has 0 aromatic carbocycles. The van der Waals surface area contributed by atoms with Gasteiger partial charge in [-0.3, -0.25) is 0 Å². The average Bonchev–Trinajstić information content (AvgIpc) is 3.28. The van der Waals surface area contributed by atoms with E-state index in [9.17, 15) is 0 Å². The Labute approximate surface area is 133 Å². The molecule has 1 nitrogen and oxygen atoms in total. The molecule has 1 heteroatoms. The molecule has 0 bridgehead atoms. The minimum Gasteiger partial charge on any atom is -0.313 e. The molecular weight excluding hydrogens is 254 g/mol. The summed E-state index contributed by atoms with van der Waals surface area (Å²) in [4.78, 5) is 0. The quantitative estimate of drug-likeness (QED) is 0.526. The molecule has 2 aliphatic rings. The molecule has 2 saturated carbocycles. The van der Waals surface area contributed by atoms with Crippen LogP contribution in [0.15, 0.2) is 0 Å². The fourth-order valence-electron chi connectivity index (χ4n) is 4.12. The van der Waals surface area contributed by atoms with Crippen LogP contribution in [0.1, 0.15) is 97.8 Å². The summed E-state index contributed by atoms with van der Waals surface area (Å²) in [5, 5.41) is 3.86. The van der Waals surface area contributed by atoms with Gasteiger partial charge < -0.3 is 5.32 Å². The van der Waals surface area contributed by atoms with Crippen molar-refractivity contribution in [1.29, 1.82) is 0 Å². The summed E-state index contributed by atoms with van der Waals surface area (Å²) < 4.78 is 0. The normalized spacial score (nSPS) is 30.0. The van der Waals surface area contributed by atoms with Crippen LogP contribution in [0.3, 0.4) is 0 Å². The van der Waals surface area contributed by atoms with E-state index in [-0.39, 0.29) is 0 Å². The number of unbranched alkanes of at least 4 members (excludes halogenated alkanes) is 1. The lowest BCUT2D eigenvalue weighted by atomic mass is 9.67. The van der Waals surface area contributed by atoms with Crippen molar-refractivity contribution in [2.24, 2.45) is 17.3 Å². The van der Waals surface area contributed by atoms with Gasteiger partial charge in [0.1, 0.15) is 0 Å². The molecule has 2 aliphatic carbocycles. The standard InChI is InChI=1S/C20H39N/c1-4-5-8-18-11-14-20(15-12-18,13-6-7-17(2)3)16-21-19-9-10-19/h17-19,21H,4-16H2,1-3H3. The monoisotopic (exact) mass is 293 g/mol. The fourth-order valence-corrected chi connectivity index (χ4v) is 4.12. The van der Waals surface area contributed by atoms with Crippen LogP contribution < -0.4 is 5.32 Å². The van der Waals surface area contributed by atoms with Gasteiger partial charge in [0.2, 0.25) is 0 Å². The van der Waals surface area contributed by atoms with Gasteiger partial charge in [-0.05, 0) is 62.2 Å². The molecular formula is C20H39N. The Kier molecular flexibility index (Phi) is 7.05. The number of rotatable bonds is 10. The van der Waals surface area contributed by atoms with Gasteiger partial charge in [0.25, 0.3) is 0 Å². The van der Waals surface area contributed by atoms with Crippen molar-refractivity contribution in [3.05, 3.63) is 0 Å². The van der Waals surface area contributed by atoms with Crippen LogP contribution in [0, 0.1) is 17.3 Å². The third-order valence-corrected chi connectivity index (χ3v) is 5.96. The van der Waals surface area contributed by atoms with Crippen LogP contribution in [-0.4, -0.2) is 12.6 Å². The van der Waals surface area contributed by atoms with Gasteiger partial charge in [-0.15, -0.1) is 0 Å². The highest BCUT2D eigenvalue weighted by atomic mass is 15.0. The third-order valence-electron chi connectivity index (χ3n) is 5.96. The Hall–Kier alpha value is -0.0400. The average molecular weight is 294 g/mol. The second-order valence-corrected chi connectivity index (χ2v) is 8.53. The van der Waals surface area contributed by atoms with Gasteiger partial charge in [0.15, 0.2) is 0 Å². The van der Waals surface area contributed by atoms with Crippen molar-refractivity contribution in [2.45, 2.75) is 104 Å². The lowest BCUT2D eigenvalue weighted by Gasteiger charge is -2.41. The maximum atomic E-state index is 3.86. The van der Waals surface area contributed by atoms with Crippen molar-refractivity contribution >= 4 is 0 Å². The van der Waals surface area contributed by atoms with E-state index in [0.717, 1.165) is 17.9 Å². The van der Waals surface area contributed by atoms with Gasteiger partial charge in [0, 0.05) is 12.6 Å². The zero-order chi connectivity index (χ0) is 15.1. The van der Waals surface area contributed by atoms with Gasteiger partial charge in [0.05, 0.1) is 0 Å². The molecule has 21 heavy (non-hydrogen) atoms. The predicted octanol–water partition coefficient (Wildman–Crippen LogP) is 5.93. The lowest BCUT2D eigenvalue weighted by Crippen LogP contribution is -2.38. The van der Waals surface area contributed by atoms with E-state index in [1.165, 1.54) is 83.6 Å². The van der Waals surface area contributed by atoms with E-state index in [1.807, 2.05) is 0 Å². The molecule has 0 unspecified atom stereocenters. The van der Waals surface area contributed by atoms with E-state index in [4.69, 9.17) is 0 Å². The molecule has 0 spiro atoms. The molecule has 124 valence electrons. The van der Waals surface area contributed by atoms with Crippen molar-refractivity contribution in [1.82, 2.24) is 5.32 Å². The van der Waals surface area contributed by atoms with Crippen LogP contribution in [0.5, 0.6) is 0 Å². The highest BCUT2D eigenvalue weighted by Crippen LogP contribution is 2.44. The van der Waals surface area contributed by atoms with E-state index in [2.05, 4.69) is 26.1 Å². The summed E-state index contributed by atoms with van der Waals surface area (Å²) in [5.74, 6) is 1.92. The molecule has 0 aromatic heterocycles. The van der Waals surface area contributed by atoms with Gasteiger partial charge in [-0.25, -0.2) is 0 Å². The summed E-state index contributed by atoms with van der Waals surface area (Å²) in [6.07, 6.45) is 17.5. The Balaban J connectivity index is 1.78. The van der Waals surface area contributed by atoms with Gasteiger partial charge >= 0.3 is 0 Å². The molecule has 0 saturated heterocycles. The van der Waals surface area contributed by atoms with Crippen molar-refractivity contribution in [3.8, 4) is 0 Å². The van der Waals surface area contributed by atoms with Crippen molar-refractivity contribution < 1.29 is 0 Å². The minimum absolute atomic E-state index is 0.653. The summed E-state index contributed by atoms with van der Waals surface area (Å²) in [5.41, 5.74) is 0.653. The summed E-state index contributed by atoms with van der Waals surface area (Å²) in [7, 11) is 0. The molecule has 0 heterocycles. The summed E-state index contributed by atoms with van der Waals surface area (Å²) in [6.45, 7) is 8.39. The minimum atomic E-state index is 0.653. The first-order valence-corrected chi connectivity index (χ1v) is 9.87. The first-order chi connectivity index (χ1) is 10.1. The summed E-state index contributed by atoms with van der Waals surface area (Å²) >= 11 is 0. The second-order valence-electron chi connectivity index (χ2n) is 8.53. The molecule has 0 amide bonds. The molecule has 0 aliphatic heterocycles. The van der Waals surface area contributed by atoms with Crippen LogP contribution in [0.25, 0.3) is 0 Å². The molecule has 1 N–H and O–H groups in total. The van der Waals surface area contributed by atoms with Gasteiger partial charge in [-0.2, -0.15) is 0 Å². The topological polar surface area (TPSA) is 12.0 Å². The zero-order valence-electron chi connectivity index (χ0n) is 14.9. The highest BCUT2D eigenvalue weighted by Gasteiger charge is 2.36. The Bertz CT molecular complexity index is 272. The van der Waals surface area contributed by atoms with Crippen LogP contribution in [0.2, 0.25) is 0 Å². The molecule has 0 atom stereocenters. The number of hydrogen-bond acceptors (Lipinski definition) is 1. The Morgan fingerprint density at radius 1 is 1.05 bits per heavy atom. The van der Waals surface area contributed by atoms with Crippen LogP contribution in [-0.2, 0) is 0 Å². The molecule has 2 fully saturated rings. The smallest absolute Gasteiger partial charge is 0.00684 e. The maximum Gasteiger partial charge on any atom is 0.00684 e. The second kappa shape index (κ2) is 8.56. The van der Waals surface area contributed by atoms with E-state index >= 15 is 0 Å². The van der Waals surface area contributed by atoms with Crippen LogP contribution in [0.4, 0.5) is 0 Å². The van der Waals surface area contributed by atoms with E-state index < -0.39 is 0 Å². The SMILES string of the molecule is CCCCC1CCC(CCCC(C)C)(CNC2CC2)CC1. The number of nitrogens with one attached hydrogen (secondary N) is 1. The Morgan fingerprint density at radius 2 is 1.76 bits per heavy atom. The largest absolute Gasteiger partial charge is 0.313 e. The molecule has 0 radical (unpaired) electrons. The highest BCUT2D eigenvalue weighted by molar-refractivity contribution is 4.91. The third kappa shape index (κ3) is 6.30. The van der Waals surface area contributed by atoms with Gasteiger partial charge in [-0.1, -0.05) is 52.9 Å². The van der Waals surface area contributed by atoms with Crippen LogP contribution >= 0.6 is 0 Å². The first kappa shape index (κ1) is 17.3. The predicted molar refractivity (Wildman–Crippen MR) is 93.6 cm³/mol. The van der Waals surface area contributed by atoms with Crippen molar-refractivity contribution in [2.75, 3.05) is 6.54 Å². The Morgan fingerprint density at radius 3 is 2.33 bits per heavy atom. The maximum absolute atomic E-state index is 3.86. The van der Waals surface area contributed by atoms with E-state index in [0.29, 0.717) is 5.41 Å². The first-order valence-electron chi connectivity index (χ1n) is 9.87. The van der Waals surface area contributed by atoms with Crippen molar-refractivity contribution in [3.63, 3.8) is 0 Å². The fraction of sp³-hybridized carbons (Fsp3) is 1.00. The lowest BCUT2D eigenvalue weighted by molar-refractivity contribution is 0.122. The molecule has 0 aromatic rings. The summed E-state index contributed by atoms with van der Waals surface area (Å²) in [6, 6.07) is 0.879. The molecule has 2 rings (SSSR count). The zero-order valence-corrected chi connectivity index (χ0v) is 14.9. The number of hydrogen-bond donors (Lipinski definition) is 1. The van der Waals surface area contributed by atoms with E-state index in [1.54, 1.807) is 0 Å².